The van der Waals surface area contributed by atoms with Gasteiger partial charge in [0.1, 0.15) is 5.56 Å². The molecule has 0 saturated heterocycles. The zero-order valence-electron chi connectivity index (χ0n) is 15.3. The molecule has 4 aromatic rings. The first-order valence-corrected chi connectivity index (χ1v) is 9.22. The quantitative estimate of drug-likeness (QED) is 0.557. The lowest BCUT2D eigenvalue weighted by Crippen LogP contribution is -2.33. The van der Waals surface area contributed by atoms with E-state index in [4.69, 9.17) is 0 Å². The van der Waals surface area contributed by atoms with Crippen molar-refractivity contribution in [1.29, 1.82) is 0 Å². The summed E-state index contributed by atoms with van der Waals surface area (Å²) in [6.45, 7) is 0.402. The predicted octanol–water partition coefficient (Wildman–Crippen LogP) is 4.09. The van der Waals surface area contributed by atoms with E-state index in [2.05, 4.69) is 10.3 Å². The number of amides is 1. The maximum absolute atomic E-state index is 12.7. The fraction of sp³-hybridized carbons (Fsp3) is 0.0833. The Balaban J connectivity index is 1.60. The van der Waals surface area contributed by atoms with Crippen LogP contribution in [0.25, 0.3) is 10.9 Å². The van der Waals surface area contributed by atoms with E-state index < -0.39 is 0 Å². The van der Waals surface area contributed by atoms with Crippen LogP contribution >= 0.6 is 0 Å². The Hall–Kier alpha value is -3.66. The number of hydrogen-bond donors (Lipinski definition) is 2. The first-order chi connectivity index (χ1) is 13.7. The van der Waals surface area contributed by atoms with Crippen LogP contribution in [0.3, 0.4) is 0 Å². The van der Waals surface area contributed by atoms with Crippen LogP contribution in [0.4, 0.5) is 0 Å². The molecular weight excluding hydrogens is 348 g/mol. The SMILES string of the molecule is O=C(NCC(c1ccccc1)c1ccccc1)c1cc2ccccc2[nH]c1=O. The molecule has 0 atom stereocenters. The van der Waals surface area contributed by atoms with Crippen LogP contribution in [0, 0.1) is 0 Å². The molecule has 1 aromatic heterocycles. The van der Waals surface area contributed by atoms with Crippen LogP contribution in [0.15, 0.2) is 95.8 Å². The number of para-hydroxylation sites is 1. The first kappa shape index (κ1) is 17.7. The van der Waals surface area contributed by atoms with Crippen molar-refractivity contribution in [3.05, 3.63) is 118 Å². The Kier molecular flexibility index (Phi) is 5.02. The molecule has 0 fully saturated rings. The zero-order chi connectivity index (χ0) is 19.3. The fourth-order valence-corrected chi connectivity index (χ4v) is 3.40. The summed E-state index contributed by atoms with van der Waals surface area (Å²) >= 11 is 0. The molecule has 0 bridgehead atoms. The van der Waals surface area contributed by atoms with Crippen LogP contribution in [0.1, 0.15) is 27.4 Å². The van der Waals surface area contributed by atoms with Crippen LogP contribution < -0.4 is 10.9 Å². The lowest BCUT2D eigenvalue weighted by molar-refractivity contribution is 0.0951. The van der Waals surface area contributed by atoms with E-state index in [1.807, 2.05) is 84.9 Å². The minimum atomic E-state index is -0.382. The van der Waals surface area contributed by atoms with Gasteiger partial charge in [0.15, 0.2) is 0 Å². The molecule has 0 aliphatic heterocycles. The van der Waals surface area contributed by atoms with Crippen molar-refractivity contribution in [3.8, 4) is 0 Å². The van der Waals surface area contributed by atoms with E-state index in [1.165, 1.54) is 0 Å². The van der Waals surface area contributed by atoms with Crippen molar-refractivity contribution >= 4 is 16.8 Å². The number of aromatic nitrogens is 1. The lowest BCUT2D eigenvalue weighted by Gasteiger charge is -2.19. The van der Waals surface area contributed by atoms with E-state index in [1.54, 1.807) is 6.07 Å². The predicted molar refractivity (Wildman–Crippen MR) is 112 cm³/mol. The molecule has 0 aliphatic carbocycles. The Morgan fingerprint density at radius 2 is 1.39 bits per heavy atom. The molecule has 3 aromatic carbocycles. The largest absolute Gasteiger partial charge is 0.351 e. The first-order valence-electron chi connectivity index (χ1n) is 9.22. The smallest absolute Gasteiger partial charge is 0.261 e. The monoisotopic (exact) mass is 368 g/mol. The number of nitrogens with one attached hydrogen (secondary N) is 2. The number of hydrogen-bond acceptors (Lipinski definition) is 2. The summed E-state index contributed by atoms with van der Waals surface area (Å²) in [6.07, 6.45) is 0. The second-order valence-electron chi connectivity index (χ2n) is 6.68. The number of fused-ring (bicyclic) bond motifs is 1. The van der Waals surface area contributed by atoms with Crippen molar-refractivity contribution in [2.45, 2.75) is 5.92 Å². The number of aromatic amines is 1. The summed E-state index contributed by atoms with van der Waals surface area (Å²) in [6, 6.07) is 29.1. The van der Waals surface area contributed by atoms with Gasteiger partial charge in [-0.25, -0.2) is 0 Å². The molecule has 0 spiro atoms. The molecule has 2 N–H and O–H groups in total. The Morgan fingerprint density at radius 3 is 2.04 bits per heavy atom. The highest BCUT2D eigenvalue weighted by molar-refractivity contribution is 5.97. The molecule has 0 aliphatic rings. The van der Waals surface area contributed by atoms with Crippen LogP contribution in [-0.4, -0.2) is 17.4 Å². The highest BCUT2D eigenvalue weighted by Gasteiger charge is 2.17. The highest BCUT2D eigenvalue weighted by Crippen LogP contribution is 2.23. The van der Waals surface area contributed by atoms with Gasteiger partial charge in [-0.2, -0.15) is 0 Å². The zero-order valence-corrected chi connectivity index (χ0v) is 15.3. The number of pyridine rings is 1. The summed E-state index contributed by atoms with van der Waals surface area (Å²) in [5.74, 6) is -0.366. The number of H-pyrrole nitrogens is 1. The molecule has 138 valence electrons. The average molecular weight is 368 g/mol. The topological polar surface area (TPSA) is 62.0 Å². The van der Waals surface area contributed by atoms with Gasteiger partial charge in [0.2, 0.25) is 0 Å². The van der Waals surface area contributed by atoms with E-state index in [-0.39, 0.29) is 22.9 Å². The minimum Gasteiger partial charge on any atom is -0.351 e. The van der Waals surface area contributed by atoms with Gasteiger partial charge < -0.3 is 10.3 Å². The van der Waals surface area contributed by atoms with E-state index >= 15 is 0 Å². The maximum Gasteiger partial charge on any atom is 0.261 e. The van der Waals surface area contributed by atoms with Crippen molar-refractivity contribution in [1.82, 2.24) is 10.3 Å². The number of rotatable bonds is 5. The number of benzene rings is 3. The van der Waals surface area contributed by atoms with Crippen LogP contribution in [0.2, 0.25) is 0 Å². The van der Waals surface area contributed by atoms with E-state index in [9.17, 15) is 9.59 Å². The summed E-state index contributed by atoms with van der Waals surface area (Å²) in [7, 11) is 0. The highest BCUT2D eigenvalue weighted by atomic mass is 16.2. The van der Waals surface area contributed by atoms with Gasteiger partial charge in [-0.05, 0) is 28.6 Å². The normalized spacial score (nSPS) is 10.9. The van der Waals surface area contributed by atoms with Gasteiger partial charge in [-0.15, -0.1) is 0 Å². The third kappa shape index (κ3) is 3.71. The molecule has 1 heterocycles. The van der Waals surface area contributed by atoms with Gasteiger partial charge in [0.05, 0.1) is 0 Å². The van der Waals surface area contributed by atoms with Gasteiger partial charge in [0, 0.05) is 18.0 Å². The molecule has 0 radical (unpaired) electrons. The third-order valence-corrected chi connectivity index (χ3v) is 4.87. The molecule has 4 heteroatoms. The summed E-state index contributed by atoms with van der Waals surface area (Å²) < 4.78 is 0. The van der Waals surface area contributed by atoms with E-state index in [0.717, 1.165) is 22.0 Å². The van der Waals surface area contributed by atoms with Gasteiger partial charge in [-0.3, -0.25) is 9.59 Å². The number of carbonyl (C=O) groups is 1. The van der Waals surface area contributed by atoms with Crippen molar-refractivity contribution in [2.24, 2.45) is 0 Å². The Bertz CT molecular complexity index is 1110. The summed E-state index contributed by atoms with van der Waals surface area (Å²) in [4.78, 5) is 27.9. The van der Waals surface area contributed by atoms with Crippen molar-refractivity contribution in [2.75, 3.05) is 6.54 Å². The third-order valence-electron chi connectivity index (χ3n) is 4.87. The molecule has 4 rings (SSSR count). The molecule has 0 unspecified atom stereocenters. The maximum atomic E-state index is 12.7. The van der Waals surface area contributed by atoms with Gasteiger partial charge in [0.25, 0.3) is 11.5 Å². The summed E-state index contributed by atoms with van der Waals surface area (Å²) in [5, 5.41) is 3.77. The summed E-state index contributed by atoms with van der Waals surface area (Å²) in [5.41, 5.74) is 2.68. The second kappa shape index (κ2) is 7.92. The molecule has 0 saturated carbocycles. The minimum absolute atomic E-state index is 0.00545. The van der Waals surface area contributed by atoms with Gasteiger partial charge in [-0.1, -0.05) is 78.9 Å². The van der Waals surface area contributed by atoms with Gasteiger partial charge >= 0.3 is 0 Å². The molecule has 4 nitrogen and oxygen atoms in total. The van der Waals surface area contributed by atoms with Crippen molar-refractivity contribution in [3.63, 3.8) is 0 Å². The van der Waals surface area contributed by atoms with Crippen LogP contribution in [-0.2, 0) is 0 Å². The Morgan fingerprint density at radius 1 is 0.821 bits per heavy atom. The van der Waals surface area contributed by atoms with Crippen molar-refractivity contribution < 1.29 is 4.79 Å². The molecular formula is C24H20N2O2. The Labute approximate surface area is 162 Å². The molecule has 1 amide bonds. The van der Waals surface area contributed by atoms with E-state index in [0.29, 0.717) is 6.54 Å². The fourth-order valence-electron chi connectivity index (χ4n) is 3.40. The lowest BCUT2D eigenvalue weighted by atomic mass is 9.91. The molecule has 28 heavy (non-hydrogen) atoms. The van der Waals surface area contributed by atoms with Crippen LogP contribution in [0.5, 0.6) is 0 Å². The average Bonchev–Trinajstić information content (AvgIpc) is 2.75. The standard InChI is InChI=1S/C24H20N2O2/c27-23(20-15-19-13-7-8-14-22(19)26-24(20)28)25-16-21(17-9-3-1-4-10-17)18-11-5-2-6-12-18/h1-15,21H,16H2,(H,25,27)(H,26,28). The number of carbonyl (C=O) groups excluding carboxylic acids is 1. The second-order valence-corrected chi connectivity index (χ2v) is 6.68.